The van der Waals surface area contributed by atoms with Crippen LogP contribution < -0.4 is 5.73 Å². The van der Waals surface area contributed by atoms with Crippen LogP contribution in [0.5, 0.6) is 0 Å². The molecular formula is C17H17NO2. The van der Waals surface area contributed by atoms with E-state index < -0.39 is 17.4 Å². The van der Waals surface area contributed by atoms with Gasteiger partial charge in [-0.1, -0.05) is 54.6 Å². The lowest BCUT2D eigenvalue weighted by molar-refractivity contribution is -0.144. The predicted octanol–water partition coefficient (Wildman–Crippen LogP) is 3.22. The van der Waals surface area contributed by atoms with E-state index in [1.54, 1.807) is 0 Å². The minimum atomic E-state index is -0.780. The van der Waals surface area contributed by atoms with Gasteiger partial charge in [-0.2, -0.15) is 0 Å². The summed E-state index contributed by atoms with van der Waals surface area (Å²) >= 11 is 0. The molecule has 20 heavy (non-hydrogen) atoms. The Labute approximate surface area is 118 Å². The Bertz CT molecular complexity index is 615. The molecule has 0 amide bonds. The second kappa shape index (κ2) is 4.76. The van der Waals surface area contributed by atoms with E-state index in [4.69, 9.17) is 5.73 Å². The van der Waals surface area contributed by atoms with Crippen LogP contribution in [0.1, 0.15) is 24.4 Å². The lowest BCUT2D eigenvalue weighted by Crippen LogP contribution is -2.29. The van der Waals surface area contributed by atoms with Crippen LogP contribution in [0.4, 0.5) is 0 Å². The van der Waals surface area contributed by atoms with Crippen molar-refractivity contribution in [2.45, 2.75) is 18.9 Å². The summed E-state index contributed by atoms with van der Waals surface area (Å²) in [4.78, 5) is 11.3. The summed E-state index contributed by atoms with van der Waals surface area (Å²) in [5, 5.41) is 9.29. The highest BCUT2D eigenvalue weighted by molar-refractivity contribution is 5.79. The van der Waals surface area contributed by atoms with Crippen LogP contribution in [-0.4, -0.2) is 11.1 Å². The highest BCUT2D eigenvalue weighted by Gasteiger charge is 2.55. The molecular weight excluding hydrogens is 250 g/mol. The first kappa shape index (κ1) is 12.9. The van der Waals surface area contributed by atoms with Gasteiger partial charge in [0, 0.05) is 6.04 Å². The third-order valence-electron chi connectivity index (χ3n) is 4.19. The first-order chi connectivity index (χ1) is 9.63. The van der Waals surface area contributed by atoms with E-state index in [0.717, 1.165) is 16.7 Å². The molecule has 1 aliphatic carbocycles. The number of hydrogen-bond donors (Lipinski definition) is 2. The van der Waals surface area contributed by atoms with E-state index in [1.807, 2.05) is 42.5 Å². The Morgan fingerprint density at radius 2 is 1.55 bits per heavy atom. The SMILES string of the molecule is NC(c1ccc(-c2ccccc2)cc1)C1(C(=O)O)CC1. The van der Waals surface area contributed by atoms with Crippen LogP contribution in [0, 0.1) is 5.41 Å². The third-order valence-corrected chi connectivity index (χ3v) is 4.19. The number of nitrogens with two attached hydrogens (primary N) is 1. The van der Waals surface area contributed by atoms with E-state index in [0.29, 0.717) is 12.8 Å². The fourth-order valence-electron chi connectivity index (χ4n) is 2.63. The van der Waals surface area contributed by atoms with Crippen molar-refractivity contribution in [2.24, 2.45) is 11.1 Å². The van der Waals surface area contributed by atoms with Crippen molar-refractivity contribution >= 4 is 5.97 Å². The highest BCUT2D eigenvalue weighted by atomic mass is 16.4. The van der Waals surface area contributed by atoms with Gasteiger partial charge >= 0.3 is 5.97 Å². The van der Waals surface area contributed by atoms with Gasteiger partial charge in [-0.3, -0.25) is 4.79 Å². The van der Waals surface area contributed by atoms with Gasteiger partial charge in [0.25, 0.3) is 0 Å². The first-order valence-corrected chi connectivity index (χ1v) is 6.78. The molecule has 2 aromatic carbocycles. The van der Waals surface area contributed by atoms with Gasteiger partial charge in [0.1, 0.15) is 0 Å². The van der Waals surface area contributed by atoms with Crippen molar-refractivity contribution in [1.29, 1.82) is 0 Å². The molecule has 1 saturated carbocycles. The molecule has 0 aromatic heterocycles. The molecule has 1 atom stereocenters. The molecule has 1 unspecified atom stereocenters. The van der Waals surface area contributed by atoms with Crippen molar-refractivity contribution < 1.29 is 9.90 Å². The molecule has 3 nitrogen and oxygen atoms in total. The topological polar surface area (TPSA) is 63.3 Å². The standard InChI is InChI=1S/C17H17NO2/c18-15(17(10-11-17)16(19)20)14-8-6-13(7-9-14)12-4-2-1-3-5-12/h1-9,15H,10-11,18H2,(H,19,20). The second-order valence-corrected chi connectivity index (χ2v) is 5.43. The second-order valence-electron chi connectivity index (χ2n) is 5.43. The Hall–Kier alpha value is -2.13. The van der Waals surface area contributed by atoms with Crippen molar-refractivity contribution in [2.75, 3.05) is 0 Å². The summed E-state index contributed by atoms with van der Waals surface area (Å²) in [5.41, 5.74) is 8.55. The van der Waals surface area contributed by atoms with Crippen molar-refractivity contribution in [3.8, 4) is 11.1 Å². The molecule has 0 spiro atoms. The van der Waals surface area contributed by atoms with Gasteiger partial charge in [-0.05, 0) is 29.5 Å². The molecule has 0 bridgehead atoms. The zero-order chi connectivity index (χ0) is 14.2. The molecule has 0 heterocycles. The van der Waals surface area contributed by atoms with Gasteiger partial charge < -0.3 is 10.8 Å². The normalized spacial score (nSPS) is 17.4. The third kappa shape index (κ3) is 2.10. The van der Waals surface area contributed by atoms with Gasteiger partial charge in [-0.25, -0.2) is 0 Å². The molecule has 3 rings (SSSR count). The molecule has 2 aromatic rings. The van der Waals surface area contributed by atoms with E-state index >= 15 is 0 Å². The smallest absolute Gasteiger partial charge is 0.311 e. The fraction of sp³-hybridized carbons (Fsp3) is 0.235. The van der Waals surface area contributed by atoms with E-state index in [-0.39, 0.29) is 0 Å². The maximum atomic E-state index is 11.3. The number of benzene rings is 2. The van der Waals surface area contributed by atoms with Gasteiger partial charge in [0.2, 0.25) is 0 Å². The van der Waals surface area contributed by atoms with Crippen molar-refractivity contribution in [1.82, 2.24) is 0 Å². The molecule has 3 heteroatoms. The summed E-state index contributed by atoms with van der Waals surface area (Å²) in [7, 11) is 0. The first-order valence-electron chi connectivity index (χ1n) is 6.78. The number of aliphatic carboxylic acids is 1. The predicted molar refractivity (Wildman–Crippen MR) is 78.1 cm³/mol. The van der Waals surface area contributed by atoms with Crippen molar-refractivity contribution in [3.63, 3.8) is 0 Å². The Kier molecular flexibility index (Phi) is 3.07. The number of hydrogen-bond acceptors (Lipinski definition) is 2. The summed E-state index contributed by atoms with van der Waals surface area (Å²) in [6.45, 7) is 0. The van der Waals surface area contributed by atoms with E-state index in [9.17, 15) is 9.90 Å². The quantitative estimate of drug-likeness (QED) is 0.894. The molecule has 1 fully saturated rings. The number of rotatable bonds is 4. The van der Waals surface area contributed by atoms with Crippen LogP contribution in [0.3, 0.4) is 0 Å². The monoisotopic (exact) mass is 267 g/mol. The number of carbonyl (C=O) groups is 1. The zero-order valence-electron chi connectivity index (χ0n) is 11.1. The fourth-order valence-corrected chi connectivity index (χ4v) is 2.63. The van der Waals surface area contributed by atoms with Crippen LogP contribution in [0.2, 0.25) is 0 Å². The Balaban J connectivity index is 1.85. The minimum Gasteiger partial charge on any atom is -0.481 e. The molecule has 3 N–H and O–H groups in total. The van der Waals surface area contributed by atoms with Crippen LogP contribution in [0.25, 0.3) is 11.1 Å². The van der Waals surface area contributed by atoms with Gasteiger partial charge in [0.05, 0.1) is 5.41 Å². The summed E-state index contributed by atoms with van der Waals surface area (Å²) in [6, 6.07) is 17.5. The van der Waals surface area contributed by atoms with E-state index in [2.05, 4.69) is 12.1 Å². The lowest BCUT2D eigenvalue weighted by atomic mass is 9.90. The number of carboxylic acids is 1. The van der Waals surface area contributed by atoms with Crippen LogP contribution in [0.15, 0.2) is 54.6 Å². The molecule has 102 valence electrons. The molecule has 0 aliphatic heterocycles. The molecule has 0 saturated heterocycles. The Morgan fingerprint density at radius 1 is 1.00 bits per heavy atom. The van der Waals surface area contributed by atoms with Gasteiger partial charge in [0.15, 0.2) is 0 Å². The Morgan fingerprint density at radius 3 is 2.05 bits per heavy atom. The summed E-state index contributed by atoms with van der Waals surface area (Å²) in [5.74, 6) is -0.780. The zero-order valence-corrected chi connectivity index (χ0v) is 11.1. The maximum absolute atomic E-state index is 11.3. The lowest BCUT2D eigenvalue weighted by Gasteiger charge is -2.19. The minimum absolute atomic E-state index is 0.426. The number of carboxylic acid groups (broad SMARTS) is 1. The van der Waals surface area contributed by atoms with Crippen LogP contribution >= 0.6 is 0 Å². The summed E-state index contributed by atoms with van der Waals surface area (Å²) in [6.07, 6.45) is 1.34. The average molecular weight is 267 g/mol. The van der Waals surface area contributed by atoms with Gasteiger partial charge in [-0.15, -0.1) is 0 Å². The van der Waals surface area contributed by atoms with Crippen LogP contribution in [-0.2, 0) is 4.79 Å². The summed E-state index contributed by atoms with van der Waals surface area (Å²) < 4.78 is 0. The maximum Gasteiger partial charge on any atom is 0.311 e. The highest BCUT2D eigenvalue weighted by Crippen LogP contribution is 2.54. The molecule has 0 radical (unpaired) electrons. The molecule has 1 aliphatic rings. The largest absolute Gasteiger partial charge is 0.481 e. The van der Waals surface area contributed by atoms with Crippen molar-refractivity contribution in [3.05, 3.63) is 60.2 Å². The average Bonchev–Trinajstić information content (AvgIpc) is 3.29. The van der Waals surface area contributed by atoms with E-state index in [1.165, 1.54) is 0 Å².